The Morgan fingerprint density at radius 1 is 1.19 bits per heavy atom. The molecule has 0 amide bonds. The van der Waals surface area contributed by atoms with Gasteiger partial charge < -0.3 is 9.80 Å². The van der Waals surface area contributed by atoms with Gasteiger partial charge in [0.2, 0.25) is 0 Å². The summed E-state index contributed by atoms with van der Waals surface area (Å²) in [6.07, 6.45) is 3.16. The molecule has 0 unspecified atom stereocenters. The number of hydrogen-bond donors (Lipinski definition) is 0. The van der Waals surface area contributed by atoms with Crippen molar-refractivity contribution in [3.05, 3.63) is 11.9 Å². The molecule has 1 fully saturated rings. The van der Waals surface area contributed by atoms with Gasteiger partial charge in [0.15, 0.2) is 0 Å². The molecule has 0 spiro atoms. The Morgan fingerprint density at radius 2 is 1.94 bits per heavy atom. The van der Waals surface area contributed by atoms with Crippen molar-refractivity contribution in [2.45, 2.75) is 19.9 Å². The molecule has 16 heavy (non-hydrogen) atoms. The molecule has 2 heterocycles. The molecule has 0 bridgehead atoms. The molecule has 0 atom stereocenters. The predicted octanol–water partition coefficient (Wildman–Crippen LogP) is 0.224. The molecule has 1 aliphatic heterocycles. The van der Waals surface area contributed by atoms with E-state index in [1.165, 1.54) is 32.7 Å². The van der Waals surface area contributed by atoms with Gasteiger partial charge in [-0.3, -0.25) is 4.68 Å². The maximum atomic E-state index is 4.05. The van der Waals surface area contributed by atoms with Crippen LogP contribution < -0.4 is 0 Å². The van der Waals surface area contributed by atoms with Crippen molar-refractivity contribution in [1.82, 2.24) is 24.8 Å². The fraction of sp³-hybridized carbons (Fsp3) is 0.818. The van der Waals surface area contributed by atoms with Gasteiger partial charge in [-0.05, 0) is 20.4 Å². The van der Waals surface area contributed by atoms with Crippen molar-refractivity contribution >= 4 is 0 Å². The molecule has 1 aromatic heterocycles. The van der Waals surface area contributed by atoms with Crippen LogP contribution in [-0.2, 0) is 6.54 Å². The molecule has 1 aliphatic rings. The average molecular weight is 223 g/mol. The van der Waals surface area contributed by atoms with E-state index < -0.39 is 0 Å². The van der Waals surface area contributed by atoms with Crippen molar-refractivity contribution in [3.63, 3.8) is 0 Å². The third-order valence-electron chi connectivity index (χ3n) is 3.11. The first-order chi connectivity index (χ1) is 7.74. The molecule has 0 N–H and O–H groups in total. The normalized spacial score (nSPS) is 19.1. The topological polar surface area (TPSA) is 37.2 Å². The molecule has 0 radical (unpaired) electrons. The molecule has 90 valence electrons. The lowest BCUT2D eigenvalue weighted by Gasteiger charge is -2.32. The van der Waals surface area contributed by atoms with Crippen LogP contribution in [0.3, 0.4) is 0 Å². The summed E-state index contributed by atoms with van der Waals surface area (Å²) < 4.78 is 1.94. The van der Waals surface area contributed by atoms with E-state index in [4.69, 9.17) is 0 Å². The Kier molecular flexibility index (Phi) is 3.90. The molecule has 1 aromatic rings. The fourth-order valence-electron chi connectivity index (χ4n) is 2.03. The molecule has 5 heteroatoms. The second kappa shape index (κ2) is 5.41. The number of likely N-dealkylation sites (N-methyl/N-ethyl adjacent to an activating group) is 1. The Bertz CT molecular complexity index is 314. The number of rotatable bonds is 4. The smallest absolute Gasteiger partial charge is 0.0796 e. The summed E-state index contributed by atoms with van der Waals surface area (Å²) in [5.41, 5.74) is 1.000. The van der Waals surface area contributed by atoms with Crippen LogP contribution in [0.25, 0.3) is 0 Å². The number of hydrogen-bond acceptors (Lipinski definition) is 4. The van der Waals surface area contributed by atoms with Gasteiger partial charge in [-0.2, -0.15) is 0 Å². The van der Waals surface area contributed by atoms with Crippen molar-refractivity contribution in [3.8, 4) is 0 Å². The number of nitrogens with zero attached hydrogens (tertiary/aromatic N) is 5. The van der Waals surface area contributed by atoms with Gasteiger partial charge in [-0.25, -0.2) is 0 Å². The van der Waals surface area contributed by atoms with E-state index in [-0.39, 0.29) is 0 Å². The van der Waals surface area contributed by atoms with Crippen LogP contribution in [0.1, 0.15) is 12.1 Å². The van der Waals surface area contributed by atoms with E-state index in [9.17, 15) is 0 Å². The maximum absolute atomic E-state index is 4.05. The third kappa shape index (κ3) is 3.28. The molecule has 0 saturated carbocycles. The summed E-state index contributed by atoms with van der Waals surface area (Å²) >= 11 is 0. The third-order valence-corrected chi connectivity index (χ3v) is 3.11. The van der Waals surface area contributed by atoms with Crippen molar-refractivity contribution in [1.29, 1.82) is 0 Å². The maximum Gasteiger partial charge on any atom is 0.0796 e. The second-order valence-electron chi connectivity index (χ2n) is 4.62. The molecule has 5 nitrogen and oxygen atoms in total. The highest BCUT2D eigenvalue weighted by Crippen LogP contribution is 2.01. The van der Waals surface area contributed by atoms with Crippen LogP contribution in [0.2, 0.25) is 0 Å². The SMILES string of the molecule is Cc1cn(CCCN2CCN(C)CC2)nn1. The van der Waals surface area contributed by atoms with Gasteiger partial charge in [-0.1, -0.05) is 5.21 Å². The minimum absolute atomic E-state index is 0.979. The summed E-state index contributed by atoms with van der Waals surface area (Å²) in [6, 6.07) is 0. The predicted molar refractivity (Wildman–Crippen MR) is 63.3 cm³/mol. The van der Waals surface area contributed by atoms with E-state index in [1.54, 1.807) is 0 Å². The minimum atomic E-state index is 0.979. The first kappa shape index (κ1) is 11.5. The van der Waals surface area contributed by atoms with E-state index in [1.807, 2.05) is 17.8 Å². The van der Waals surface area contributed by atoms with Crippen LogP contribution >= 0.6 is 0 Å². The molecule has 0 aliphatic carbocycles. The van der Waals surface area contributed by atoms with Crippen LogP contribution in [0, 0.1) is 6.92 Å². The van der Waals surface area contributed by atoms with Crippen LogP contribution in [0.15, 0.2) is 6.20 Å². The number of aryl methyl sites for hydroxylation is 2. The second-order valence-corrected chi connectivity index (χ2v) is 4.62. The Labute approximate surface area is 97.0 Å². The van der Waals surface area contributed by atoms with Crippen LogP contribution in [-0.4, -0.2) is 64.6 Å². The van der Waals surface area contributed by atoms with E-state index >= 15 is 0 Å². The number of piperazine rings is 1. The Morgan fingerprint density at radius 3 is 2.56 bits per heavy atom. The average Bonchev–Trinajstić information content (AvgIpc) is 2.67. The summed E-state index contributed by atoms with van der Waals surface area (Å²) in [6.45, 7) is 8.93. The molecule has 0 aromatic carbocycles. The van der Waals surface area contributed by atoms with E-state index in [0.717, 1.165) is 18.7 Å². The molecular formula is C11H21N5. The lowest BCUT2D eigenvalue weighted by atomic mass is 10.3. The quantitative estimate of drug-likeness (QED) is 0.732. The molecule has 1 saturated heterocycles. The van der Waals surface area contributed by atoms with Gasteiger partial charge >= 0.3 is 0 Å². The Hall–Kier alpha value is -0.940. The summed E-state index contributed by atoms with van der Waals surface area (Å²) in [5.74, 6) is 0. The van der Waals surface area contributed by atoms with Gasteiger partial charge in [0.1, 0.15) is 0 Å². The van der Waals surface area contributed by atoms with Gasteiger partial charge in [-0.15, -0.1) is 5.10 Å². The number of aromatic nitrogens is 3. The molecular weight excluding hydrogens is 202 g/mol. The van der Waals surface area contributed by atoms with Crippen LogP contribution in [0.5, 0.6) is 0 Å². The standard InChI is InChI=1S/C11H21N5/c1-11-10-16(13-12-11)5-3-4-15-8-6-14(2)7-9-15/h10H,3-9H2,1-2H3. The fourth-order valence-corrected chi connectivity index (χ4v) is 2.03. The van der Waals surface area contributed by atoms with Crippen molar-refractivity contribution < 1.29 is 0 Å². The highest BCUT2D eigenvalue weighted by molar-refractivity contribution is 4.86. The highest BCUT2D eigenvalue weighted by atomic mass is 15.4. The van der Waals surface area contributed by atoms with Gasteiger partial charge in [0.25, 0.3) is 0 Å². The zero-order valence-electron chi connectivity index (χ0n) is 10.3. The largest absolute Gasteiger partial charge is 0.304 e. The Balaban J connectivity index is 1.64. The van der Waals surface area contributed by atoms with Crippen LogP contribution in [0.4, 0.5) is 0 Å². The zero-order valence-corrected chi connectivity index (χ0v) is 10.3. The summed E-state index contributed by atoms with van der Waals surface area (Å²) in [5, 5.41) is 8.04. The van der Waals surface area contributed by atoms with Gasteiger partial charge in [0, 0.05) is 45.5 Å². The monoisotopic (exact) mass is 223 g/mol. The van der Waals surface area contributed by atoms with Gasteiger partial charge in [0.05, 0.1) is 5.69 Å². The minimum Gasteiger partial charge on any atom is -0.304 e. The lowest BCUT2D eigenvalue weighted by Crippen LogP contribution is -2.44. The first-order valence-corrected chi connectivity index (χ1v) is 6.02. The zero-order chi connectivity index (χ0) is 11.4. The summed E-state index contributed by atoms with van der Waals surface area (Å²) in [7, 11) is 2.19. The van der Waals surface area contributed by atoms with Crippen molar-refractivity contribution in [2.75, 3.05) is 39.8 Å². The lowest BCUT2D eigenvalue weighted by molar-refractivity contribution is 0.151. The summed E-state index contributed by atoms with van der Waals surface area (Å²) in [4.78, 5) is 4.92. The van der Waals surface area contributed by atoms with E-state index in [0.29, 0.717) is 0 Å². The first-order valence-electron chi connectivity index (χ1n) is 6.02. The van der Waals surface area contributed by atoms with Crippen molar-refractivity contribution in [2.24, 2.45) is 0 Å². The highest BCUT2D eigenvalue weighted by Gasteiger charge is 2.12. The molecule has 2 rings (SSSR count). The van der Waals surface area contributed by atoms with E-state index in [2.05, 4.69) is 27.2 Å².